The molecule has 122 valence electrons. The van der Waals surface area contributed by atoms with Crippen LogP contribution < -0.4 is 5.32 Å². The quantitative estimate of drug-likeness (QED) is 0.443. The van der Waals surface area contributed by atoms with Crippen molar-refractivity contribution in [3.8, 4) is 0 Å². The summed E-state index contributed by atoms with van der Waals surface area (Å²) in [5.41, 5.74) is 1.43. The average molecular weight is 424 g/mol. The topological polar surface area (TPSA) is 40.5 Å². The van der Waals surface area contributed by atoms with E-state index in [1.165, 1.54) is 0 Å². The SMILES string of the molecule is CCNC(=NCCC(C)(C)C)N(C)Cc1csc(C)n1.I. The Bertz CT molecular complexity index is 437. The van der Waals surface area contributed by atoms with Gasteiger partial charge in [0, 0.05) is 25.5 Å². The largest absolute Gasteiger partial charge is 0.357 e. The van der Waals surface area contributed by atoms with Crippen LogP contribution in [0.25, 0.3) is 0 Å². The van der Waals surface area contributed by atoms with Gasteiger partial charge >= 0.3 is 0 Å². The lowest BCUT2D eigenvalue weighted by molar-refractivity contribution is 0.382. The van der Waals surface area contributed by atoms with Crippen molar-refractivity contribution in [1.29, 1.82) is 0 Å². The van der Waals surface area contributed by atoms with Crippen molar-refractivity contribution in [2.45, 2.75) is 47.6 Å². The number of aliphatic imine (C=N–C) groups is 1. The predicted molar refractivity (Wildman–Crippen MR) is 104 cm³/mol. The van der Waals surface area contributed by atoms with E-state index in [0.29, 0.717) is 5.41 Å². The van der Waals surface area contributed by atoms with Gasteiger partial charge in [-0.15, -0.1) is 35.3 Å². The van der Waals surface area contributed by atoms with Gasteiger partial charge in [0.2, 0.25) is 0 Å². The first kappa shape index (κ1) is 20.6. The molecule has 4 nitrogen and oxygen atoms in total. The van der Waals surface area contributed by atoms with Crippen molar-refractivity contribution in [2.24, 2.45) is 10.4 Å². The molecule has 1 aromatic heterocycles. The fraction of sp³-hybridized carbons (Fsp3) is 0.733. The first-order valence-corrected chi connectivity index (χ1v) is 8.10. The van der Waals surface area contributed by atoms with Gasteiger partial charge < -0.3 is 10.2 Å². The summed E-state index contributed by atoms with van der Waals surface area (Å²) >= 11 is 1.69. The van der Waals surface area contributed by atoms with Crippen molar-refractivity contribution in [3.63, 3.8) is 0 Å². The highest BCUT2D eigenvalue weighted by atomic mass is 127. The Labute approximate surface area is 150 Å². The van der Waals surface area contributed by atoms with Crippen LogP contribution in [0.2, 0.25) is 0 Å². The molecule has 0 saturated heterocycles. The van der Waals surface area contributed by atoms with Crippen LogP contribution in [-0.2, 0) is 6.54 Å². The summed E-state index contributed by atoms with van der Waals surface area (Å²) in [7, 11) is 2.06. The second-order valence-electron chi connectivity index (χ2n) is 6.26. The van der Waals surface area contributed by atoms with Gasteiger partial charge in [-0.1, -0.05) is 20.8 Å². The van der Waals surface area contributed by atoms with Gasteiger partial charge in [-0.05, 0) is 25.7 Å². The Hall–Kier alpha value is -0.370. The molecule has 0 fully saturated rings. The minimum absolute atomic E-state index is 0. The van der Waals surface area contributed by atoms with E-state index in [-0.39, 0.29) is 24.0 Å². The number of halogens is 1. The second-order valence-corrected chi connectivity index (χ2v) is 7.32. The maximum Gasteiger partial charge on any atom is 0.194 e. The van der Waals surface area contributed by atoms with E-state index in [4.69, 9.17) is 4.99 Å². The van der Waals surface area contributed by atoms with E-state index in [1.54, 1.807) is 11.3 Å². The first-order valence-electron chi connectivity index (χ1n) is 7.22. The molecular weight excluding hydrogens is 395 g/mol. The third-order valence-electron chi connectivity index (χ3n) is 2.89. The van der Waals surface area contributed by atoms with Gasteiger partial charge in [0.15, 0.2) is 5.96 Å². The minimum atomic E-state index is 0. The second kappa shape index (κ2) is 9.61. The highest BCUT2D eigenvalue weighted by Gasteiger charge is 2.11. The van der Waals surface area contributed by atoms with Crippen LogP contribution in [0.3, 0.4) is 0 Å². The van der Waals surface area contributed by atoms with E-state index >= 15 is 0 Å². The summed E-state index contributed by atoms with van der Waals surface area (Å²) in [4.78, 5) is 11.4. The normalized spacial score (nSPS) is 12.0. The maximum absolute atomic E-state index is 4.71. The lowest BCUT2D eigenvalue weighted by atomic mass is 9.92. The lowest BCUT2D eigenvalue weighted by Gasteiger charge is -2.22. The molecule has 0 aliphatic carbocycles. The molecule has 0 saturated carbocycles. The zero-order valence-electron chi connectivity index (χ0n) is 14.1. The molecule has 0 atom stereocenters. The first-order chi connectivity index (χ1) is 9.31. The molecule has 0 unspecified atom stereocenters. The number of hydrogen-bond acceptors (Lipinski definition) is 3. The van der Waals surface area contributed by atoms with E-state index in [1.807, 2.05) is 6.92 Å². The van der Waals surface area contributed by atoms with E-state index in [2.05, 4.69) is 55.3 Å². The molecule has 0 amide bonds. The van der Waals surface area contributed by atoms with E-state index in [0.717, 1.165) is 42.7 Å². The number of hydrogen-bond donors (Lipinski definition) is 1. The maximum atomic E-state index is 4.71. The molecule has 0 aromatic carbocycles. The molecule has 0 spiro atoms. The molecule has 0 bridgehead atoms. The predicted octanol–water partition coefficient (Wildman–Crippen LogP) is 3.90. The van der Waals surface area contributed by atoms with Crippen LogP contribution in [0, 0.1) is 12.3 Å². The van der Waals surface area contributed by atoms with Crippen LogP contribution >= 0.6 is 35.3 Å². The number of rotatable bonds is 5. The lowest BCUT2D eigenvalue weighted by Crippen LogP contribution is -2.38. The van der Waals surface area contributed by atoms with Crippen molar-refractivity contribution >= 4 is 41.3 Å². The Balaban J connectivity index is 0.00000400. The van der Waals surface area contributed by atoms with Gasteiger partial charge in [-0.3, -0.25) is 4.99 Å². The summed E-state index contributed by atoms with van der Waals surface area (Å²) in [5.74, 6) is 0.961. The Morgan fingerprint density at radius 1 is 1.43 bits per heavy atom. The number of guanidine groups is 1. The third kappa shape index (κ3) is 8.60. The molecule has 0 radical (unpaired) electrons. The Morgan fingerprint density at radius 3 is 2.57 bits per heavy atom. The monoisotopic (exact) mass is 424 g/mol. The van der Waals surface area contributed by atoms with Crippen molar-refractivity contribution in [3.05, 3.63) is 16.1 Å². The van der Waals surface area contributed by atoms with Crippen molar-refractivity contribution in [2.75, 3.05) is 20.1 Å². The summed E-state index contributed by atoms with van der Waals surface area (Å²) in [6, 6.07) is 0. The molecule has 6 heteroatoms. The number of thiazole rings is 1. The molecule has 1 rings (SSSR count). The summed E-state index contributed by atoms with van der Waals surface area (Å²) < 4.78 is 0. The number of aromatic nitrogens is 1. The van der Waals surface area contributed by atoms with Gasteiger partial charge in [-0.2, -0.15) is 0 Å². The summed E-state index contributed by atoms with van der Waals surface area (Å²) in [6.45, 7) is 13.4. The number of nitrogens with one attached hydrogen (secondary N) is 1. The third-order valence-corrected chi connectivity index (χ3v) is 3.71. The fourth-order valence-corrected chi connectivity index (χ4v) is 2.37. The van der Waals surface area contributed by atoms with Crippen LogP contribution in [0.4, 0.5) is 0 Å². The van der Waals surface area contributed by atoms with Crippen molar-refractivity contribution < 1.29 is 0 Å². The molecule has 1 N–H and O–H groups in total. The smallest absolute Gasteiger partial charge is 0.194 e. The zero-order chi connectivity index (χ0) is 15.2. The van der Waals surface area contributed by atoms with Gasteiger partial charge in [-0.25, -0.2) is 4.98 Å². The van der Waals surface area contributed by atoms with Crippen LogP contribution in [0.15, 0.2) is 10.4 Å². The highest BCUT2D eigenvalue weighted by Crippen LogP contribution is 2.18. The highest BCUT2D eigenvalue weighted by molar-refractivity contribution is 14.0. The molecule has 1 heterocycles. The summed E-state index contributed by atoms with van der Waals surface area (Å²) in [5, 5.41) is 6.58. The zero-order valence-corrected chi connectivity index (χ0v) is 17.2. The Kier molecular flexibility index (Phi) is 9.44. The van der Waals surface area contributed by atoms with Gasteiger partial charge in [0.25, 0.3) is 0 Å². The Morgan fingerprint density at radius 2 is 2.10 bits per heavy atom. The molecule has 0 aliphatic heterocycles. The standard InChI is InChI=1S/C15H28N4S.HI/c1-7-16-14(17-9-8-15(3,4)5)19(6)10-13-11-20-12(2)18-13;/h11H,7-10H2,1-6H3,(H,16,17);1H. The minimum Gasteiger partial charge on any atom is -0.357 e. The molecular formula is C15H29IN4S. The molecule has 1 aromatic rings. The molecule has 0 aliphatic rings. The van der Waals surface area contributed by atoms with Crippen LogP contribution in [-0.4, -0.2) is 36.0 Å². The molecule has 21 heavy (non-hydrogen) atoms. The number of nitrogens with zero attached hydrogens (tertiary/aromatic N) is 3. The summed E-state index contributed by atoms with van der Waals surface area (Å²) in [6.07, 6.45) is 1.09. The van der Waals surface area contributed by atoms with Crippen LogP contribution in [0.1, 0.15) is 44.8 Å². The average Bonchev–Trinajstić information content (AvgIpc) is 2.72. The fourth-order valence-electron chi connectivity index (χ4n) is 1.77. The van der Waals surface area contributed by atoms with Gasteiger partial charge in [0.1, 0.15) is 0 Å². The van der Waals surface area contributed by atoms with Crippen LogP contribution in [0.5, 0.6) is 0 Å². The van der Waals surface area contributed by atoms with Gasteiger partial charge in [0.05, 0.1) is 17.2 Å². The van der Waals surface area contributed by atoms with Crippen molar-refractivity contribution in [1.82, 2.24) is 15.2 Å². The number of aryl methyl sites for hydroxylation is 1. The van der Waals surface area contributed by atoms with E-state index < -0.39 is 0 Å². The van der Waals surface area contributed by atoms with E-state index in [9.17, 15) is 0 Å².